The summed E-state index contributed by atoms with van der Waals surface area (Å²) in [6.45, 7) is 9.21. The second kappa shape index (κ2) is 7.13. The molecule has 0 saturated carbocycles. The second-order valence-corrected chi connectivity index (χ2v) is 7.98. The lowest BCUT2D eigenvalue weighted by Gasteiger charge is -2.34. The molecule has 6 heteroatoms. The Morgan fingerprint density at radius 1 is 1.35 bits per heavy atom. The Balaban J connectivity index is 2.07. The molecule has 3 heterocycles. The molecular weight excluding hydrogens is 328 g/mol. The van der Waals surface area contributed by atoms with Crippen molar-refractivity contribution in [2.24, 2.45) is 0 Å². The second-order valence-electron chi connectivity index (χ2n) is 5.77. The van der Waals surface area contributed by atoms with Gasteiger partial charge in [-0.2, -0.15) is 0 Å². The number of hydrogen-bond acceptors (Lipinski definition) is 5. The fourth-order valence-corrected chi connectivity index (χ4v) is 5.02. The summed E-state index contributed by atoms with van der Waals surface area (Å²) in [7, 11) is 0. The number of morpholine rings is 1. The summed E-state index contributed by atoms with van der Waals surface area (Å²) >= 11 is 3.45. The van der Waals surface area contributed by atoms with Gasteiger partial charge in [-0.15, -0.1) is 22.7 Å². The minimum atomic E-state index is -0.0144. The molecular formula is C17H22N2O2S2. The molecule has 0 unspecified atom stereocenters. The summed E-state index contributed by atoms with van der Waals surface area (Å²) in [4.78, 5) is 16.7. The van der Waals surface area contributed by atoms with Crippen molar-refractivity contribution in [3.63, 3.8) is 0 Å². The highest BCUT2D eigenvalue weighted by atomic mass is 32.1. The Morgan fingerprint density at radius 2 is 2.09 bits per heavy atom. The van der Waals surface area contributed by atoms with Crippen LogP contribution in [-0.2, 0) is 9.53 Å². The van der Waals surface area contributed by atoms with Gasteiger partial charge in [0.1, 0.15) is 5.00 Å². The zero-order chi connectivity index (χ0) is 16.4. The van der Waals surface area contributed by atoms with Crippen LogP contribution in [0.4, 0.5) is 5.00 Å². The van der Waals surface area contributed by atoms with Gasteiger partial charge in [-0.25, -0.2) is 0 Å². The van der Waals surface area contributed by atoms with Crippen LogP contribution in [-0.4, -0.2) is 37.1 Å². The van der Waals surface area contributed by atoms with Gasteiger partial charge >= 0.3 is 0 Å². The van der Waals surface area contributed by atoms with Gasteiger partial charge < -0.3 is 10.1 Å². The normalized spacial score (nSPS) is 17.2. The third-order valence-electron chi connectivity index (χ3n) is 4.22. The van der Waals surface area contributed by atoms with E-state index in [1.807, 2.05) is 0 Å². The van der Waals surface area contributed by atoms with Crippen molar-refractivity contribution in [1.82, 2.24) is 4.90 Å². The van der Waals surface area contributed by atoms with Crippen LogP contribution in [0.1, 0.15) is 33.8 Å². The zero-order valence-electron chi connectivity index (χ0n) is 13.7. The first kappa shape index (κ1) is 16.6. The molecule has 23 heavy (non-hydrogen) atoms. The maximum absolute atomic E-state index is 11.6. The van der Waals surface area contributed by atoms with Gasteiger partial charge in [-0.3, -0.25) is 9.69 Å². The molecule has 0 aliphatic carbocycles. The molecule has 1 atom stereocenters. The summed E-state index contributed by atoms with van der Waals surface area (Å²) in [5, 5.41) is 6.15. The first-order valence-corrected chi connectivity index (χ1v) is 9.50. The van der Waals surface area contributed by atoms with Crippen molar-refractivity contribution < 1.29 is 9.53 Å². The topological polar surface area (TPSA) is 41.6 Å². The van der Waals surface area contributed by atoms with Crippen LogP contribution in [0.5, 0.6) is 0 Å². The molecule has 124 valence electrons. The fourth-order valence-electron chi connectivity index (χ4n) is 3.01. The number of carbonyl (C=O) groups is 1. The summed E-state index contributed by atoms with van der Waals surface area (Å²) in [6, 6.07) is 4.47. The number of aryl methyl sites for hydroxylation is 1. The molecule has 2 aromatic rings. The highest BCUT2D eigenvalue weighted by Gasteiger charge is 2.30. The molecule has 1 aliphatic rings. The smallest absolute Gasteiger partial charge is 0.221 e. The Bertz CT molecular complexity index is 673. The van der Waals surface area contributed by atoms with Crippen LogP contribution in [0.25, 0.3) is 0 Å². The van der Waals surface area contributed by atoms with E-state index >= 15 is 0 Å². The fraction of sp³-hybridized carbons (Fsp3) is 0.471. The lowest BCUT2D eigenvalue weighted by atomic mass is 10.00. The van der Waals surface area contributed by atoms with Crippen LogP contribution in [0, 0.1) is 13.8 Å². The van der Waals surface area contributed by atoms with E-state index in [4.69, 9.17) is 4.74 Å². The molecule has 0 bridgehead atoms. The third-order valence-corrected chi connectivity index (χ3v) is 6.28. The average molecular weight is 351 g/mol. The average Bonchev–Trinajstić information content (AvgIpc) is 3.13. The maximum atomic E-state index is 11.6. The van der Waals surface area contributed by atoms with E-state index in [0.717, 1.165) is 31.3 Å². The van der Waals surface area contributed by atoms with E-state index in [1.54, 1.807) is 29.6 Å². The lowest BCUT2D eigenvalue weighted by molar-refractivity contribution is -0.114. The number of anilines is 1. The lowest BCUT2D eigenvalue weighted by Crippen LogP contribution is -2.39. The first-order chi connectivity index (χ1) is 11.1. The first-order valence-electron chi connectivity index (χ1n) is 7.80. The number of hydrogen-bond donors (Lipinski definition) is 1. The predicted molar refractivity (Wildman–Crippen MR) is 96.7 cm³/mol. The standard InChI is InChI=1S/C17H22N2O2S2/c1-11-12(2)23-17(18-13(3)20)15(11)16(14-5-4-10-22-14)19-6-8-21-9-7-19/h4-5,10,16H,6-9H2,1-3H3,(H,18,20)/t16-/m1/s1. The summed E-state index contributed by atoms with van der Waals surface area (Å²) in [5.41, 5.74) is 2.52. The number of thiophene rings is 2. The van der Waals surface area contributed by atoms with Gasteiger partial charge in [-0.1, -0.05) is 6.07 Å². The van der Waals surface area contributed by atoms with Crippen LogP contribution in [0.15, 0.2) is 17.5 Å². The van der Waals surface area contributed by atoms with E-state index in [0.29, 0.717) is 0 Å². The number of amides is 1. The number of rotatable bonds is 4. The minimum Gasteiger partial charge on any atom is -0.379 e. The maximum Gasteiger partial charge on any atom is 0.221 e. The largest absolute Gasteiger partial charge is 0.379 e. The molecule has 3 rings (SSSR count). The Hall–Kier alpha value is -1.21. The molecule has 0 radical (unpaired) electrons. The number of nitrogens with one attached hydrogen (secondary N) is 1. The SMILES string of the molecule is CC(=O)Nc1sc(C)c(C)c1[C@@H](c1cccs1)N1CCOCC1. The molecule has 0 aromatic carbocycles. The number of nitrogens with zero attached hydrogens (tertiary/aromatic N) is 1. The van der Waals surface area contributed by atoms with Crippen molar-refractivity contribution in [1.29, 1.82) is 0 Å². The number of carbonyl (C=O) groups excluding carboxylic acids is 1. The molecule has 4 nitrogen and oxygen atoms in total. The number of ether oxygens (including phenoxy) is 1. The van der Waals surface area contributed by atoms with Crippen LogP contribution in [0.2, 0.25) is 0 Å². The highest BCUT2D eigenvalue weighted by molar-refractivity contribution is 7.16. The van der Waals surface area contributed by atoms with Crippen molar-refractivity contribution in [2.45, 2.75) is 26.8 Å². The van der Waals surface area contributed by atoms with Gasteiger partial charge in [0.15, 0.2) is 0 Å². The van der Waals surface area contributed by atoms with Gasteiger partial charge in [-0.05, 0) is 30.9 Å². The van der Waals surface area contributed by atoms with Crippen LogP contribution in [0.3, 0.4) is 0 Å². The predicted octanol–water partition coefficient (Wildman–Crippen LogP) is 3.81. The molecule has 0 spiro atoms. The van der Waals surface area contributed by atoms with Crippen LogP contribution >= 0.6 is 22.7 Å². The van der Waals surface area contributed by atoms with Crippen molar-refractivity contribution in [2.75, 3.05) is 31.6 Å². The van der Waals surface area contributed by atoms with Gasteiger partial charge in [0.2, 0.25) is 5.91 Å². The quantitative estimate of drug-likeness (QED) is 0.912. The van der Waals surface area contributed by atoms with E-state index in [1.165, 1.54) is 20.9 Å². The highest BCUT2D eigenvalue weighted by Crippen LogP contribution is 2.43. The molecule has 1 amide bonds. The van der Waals surface area contributed by atoms with E-state index in [2.05, 4.69) is 41.6 Å². The van der Waals surface area contributed by atoms with Crippen molar-refractivity contribution in [3.05, 3.63) is 38.4 Å². The Labute approximate surface area is 145 Å². The van der Waals surface area contributed by atoms with Crippen molar-refractivity contribution in [3.8, 4) is 0 Å². The Kier molecular flexibility index (Phi) is 5.16. The summed E-state index contributed by atoms with van der Waals surface area (Å²) in [5.74, 6) is -0.0144. The Morgan fingerprint density at radius 3 is 2.70 bits per heavy atom. The molecule has 1 fully saturated rings. The van der Waals surface area contributed by atoms with Crippen molar-refractivity contribution >= 4 is 33.6 Å². The van der Waals surface area contributed by atoms with Gasteiger partial charge in [0.25, 0.3) is 0 Å². The molecule has 1 aliphatic heterocycles. The van der Waals surface area contributed by atoms with Crippen LogP contribution < -0.4 is 5.32 Å². The van der Waals surface area contributed by atoms with E-state index in [9.17, 15) is 4.79 Å². The molecule has 2 aromatic heterocycles. The monoisotopic (exact) mass is 350 g/mol. The molecule has 1 N–H and O–H groups in total. The molecule has 1 saturated heterocycles. The summed E-state index contributed by atoms with van der Waals surface area (Å²) in [6.07, 6.45) is 0. The van der Waals surface area contributed by atoms with E-state index < -0.39 is 0 Å². The van der Waals surface area contributed by atoms with E-state index in [-0.39, 0.29) is 11.9 Å². The summed E-state index contributed by atoms with van der Waals surface area (Å²) < 4.78 is 5.53. The third kappa shape index (κ3) is 3.50. The zero-order valence-corrected chi connectivity index (χ0v) is 15.4. The minimum absolute atomic E-state index is 0.0144. The van der Waals surface area contributed by atoms with Gasteiger partial charge in [0, 0.05) is 35.3 Å². The van der Waals surface area contributed by atoms with Gasteiger partial charge in [0.05, 0.1) is 19.3 Å².